The van der Waals surface area contributed by atoms with Crippen molar-refractivity contribution >= 4 is 27.5 Å². The second-order valence-corrected chi connectivity index (χ2v) is 6.35. The van der Waals surface area contributed by atoms with E-state index >= 15 is 0 Å². The van der Waals surface area contributed by atoms with Crippen molar-refractivity contribution in [3.63, 3.8) is 0 Å². The van der Waals surface area contributed by atoms with Crippen molar-refractivity contribution in [2.24, 2.45) is 0 Å². The van der Waals surface area contributed by atoms with Crippen LogP contribution in [0.15, 0.2) is 34.8 Å². The van der Waals surface area contributed by atoms with Crippen LogP contribution in [0.4, 0.5) is 8.78 Å². The van der Waals surface area contributed by atoms with Crippen LogP contribution in [0.2, 0.25) is 5.02 Å². The van der Waals surface area contributed by atoms with Crippen LogP contribution < -0.4 is 5.32 Å². The minimum absolute atomic E-state index is 0.0626. The van der Waals surface area contributed by atoms with Crippen molar-refractivity contribution in [3.8, 4) is 11.1 Å². The van der Waals surface area contributed by atoms with Crippen LogP contribution in [-0.4, -0.2) is 6.04 Å². The maximum Gasteiger partial charge on any atom is 0.148 e. The Balaban J connectivity index is 2.57. The van der Waals surface area contributed by atoms with Crippen molar-refractivity contribution in [2.75, 3.05) is 0 Å². The maximum atomic E-state index is 14.3. The molecule has 0 saturated carbocycles. The first-order chi connectivity index (χ1) is 9.90. The Morgan fingerprint density at radius 2 is 1.90 bits per heavy atom. The molecule has 21 heavy (non-hydrogen) atoms. The number of rotatable bonds is 4. The molecule has 0 aromatic heterocycles. The average molecular weight is 375 g/mol. The smallest absolute Gasteiger partial charge is 0.148 e. The van der Waals surface area contributed by atoms with Gasteiger partial charge >= 0.3 is 0 Å². The summed E-state index contributed by atoms with van der Waals surface area (Å²) in [4.78, 5) is 0. The molecule has 0 unspecified atom stereocenters. The fourth-order valence-electron chi connectivity index (χ4n) is 2.02. The minimum atomic E-state index is -0.622. The van der Waals surface area contributed by atoms with Gasteiger partial charge in [-0.25, -0.2) is 8.78 Å². The largest absolute Gasteiger partial charge is 0.310 e. The fourth-order valence-corrected chi connectivity index (χ4v) is 2.53. The third-order valence-corrected chi connectivity index (χ3v) is 3.93. The molecule has 1 N–H and O–H groups in total. The fraction of sp³-hybridized carbons (Fsp3) is 0.250. The zero-order chi connectivity index (χ0) is 15.6. The first-order valence-electron chi connectivity index (χ1n) is 6.56. The quantitative estimate of drug-likeness (QED) is 0.692. The van der Waals surface area contributed by atoms with E-state index in [1.807, 2.05) is 13.8 Å². The van der Waals surface area contributed by atoms with Gasteiger partial charge in [0.25, 0.3) is 0 Å². The molecule has 0 spiro atoms. The standard InChI is InChI=1S/C16H15BrClF2N/c1-9(2)21-8-10-3-4-11(18)7-12(10)15-14(19)6-5-13(17)16(15)20/h3-7,9,21H,8H2,1-2H3. The molecule has 0 aliphatic heterocycles. The molecule has 0 atom stereocenters. The first kappa shape index (κ1) is 16.4. The first-order valence-corrected chi connectivity index (χ1v) is 7.73. The van der Waals surface area contributed by atoms with E-state index in [1.54, 1.807) is 18.2 Å². The Hall–Kier alpha value is -0.970. The summed E-state index contributed by atoms with van der Waals surface area (Å²) >= 11 is 9.09. The van der Waals surface area contributed by atoms with Gasteiger partial charge in [0.2, 0.25) is 0 Å². The normalized spacial score (nSPS) is 11.2. The Morgan fingerprint density at radius 1 is 1.19 bits per heavy atom. The molecule has 2 rings (SSSR count). The van der Waals surface area contributed by atoms with Crippen LogP contribution in [0.1, 0.15) is 19.4 Å². The van der Waals surface area contributed by atoms with Crippen LogP contribution >= 0.6 is 27.5 Å². The summed E-state index contributed by atoms with van der Waals surface area (Å²) in [6.07, 6.45) is 0. The molecule has 1 nitrogen and oxygen atoms in total. The molecule has 0 heterocycles. The summed E-state index contributed by atoms with van der Waals surface area (Å²) < 4.78 is 28.6. The average Bonchev–Trinajstić information content (AvgIpc) is 2.42. The predicted octanol–water partition coefficient (Wildman–Crippen LogP) is 5.55. The van der Waals surface area contributed by atoms with E-state index in [0.29, 0.717) is 17.1 Å². The number of halogens is 4. The van der Waals surface area contributed by atoms with Gasteiger partial charge < -0.3 is 5.32 Å². The van der Waals surface area contributed by atoms with Crippen molar-refractivity contribution in [1.29, 1.82) is 0 Å². The topological polar surface area (TPSA) is 12.0 Å². The number of nitrogens with one attached hydrogen (secondary N) is 1. The lowest BCUT2D eigenvalue weighted by atomic mass is 9.98. The van der Waals surface area contributed by atoms with Gasteiger partial charge in [0, 0.05) is 17.6 Å². The van der Waals surface area contributed by atoms with Crippen LogP contribution in [0, 0.1) is 11.6 Å². The van der Waals surface area contributed by atoms with Gasteiger partial charge in [0.15, 0.2) is 0 Å². The maximum absolute atomic E-state index is 14.3. The second-order valence-electron chi connectivity index (χ2n) is 5.06. The second kappa shape index (κ2) is 6.86. The molecule has 0 radical (unpaired) electrons. The van der Waals surface area contributed by atoms with Gasteiger partial charge in [-0.05, 0) is 51.3 Å². The zero-order valence-corrected chi connectivity index (χ0v) is 14.0. The monoisotopic (exact) mass is 373 g/mol. The van der Waals surface area contributed by atoms with E-state index in [9.17, 15) is 8.78 Å². The van der Waals surface area contributed by atoms with Crippen molar-refractivity contribution < 1.29 is 8.78 Å². The van der Waals surface area contributed by atoms with Gasteiger partial charge in [0.05, 0.1) is 10.0 Å². The Bertz CT molecular complexity index is 659. The lowest BCUT2D eigenvalue weighted by molar-refractivity contribution is 0.579. The molecular formula is C16H15BrClF2N. The highest BCUT2D eigenvalue weighted by Crippen LogP contribution is 2.34. The van der Waals surface area contributed by atoms with E-state index in [4.69, 9.17) is 11.6 Å². The van der Waals surface area contributed by atoms with E-state index in [1.165, 1.54) is 12.1 Å². The molecule has 2 aromatic rings. The summed E-state index contributed by atoms with van der Waals surface area (Å²) in [5.74, 6) is -1.23. The van der Waals surface area contributed by atoms with Crippen LogP contribution in [-0.2, 0) is 6.54 Å². The molecule has 5 heteroatoms. The Morgan fingerprint density at radius 3 is 2.57 bits per heavy atom. The summed E-state index contributed by atoms with van der Waals surface area (Å²) in [5.41, 5.74) is 1.20. The van der Waals surface area contributed by atoms with Crippen LogP contribution in [0.25, 0.3) is 11.1 Å². The van der Waals surface area contributed by atoms with Gasteiger partial charge in [-0.1, -0.05) is 31.5 Å². The molecule has 0 saturated heterocycles. The SMILES string of the molecule is CC(C)NCc1ccc(Cl)cc1-c1c(F)ccc(Br)c1F. The van der Waals surface area contributed by atoms with E-state index in [-0.39, 0.29) is 16.1 Å². The molecule has 112 valence electrons. The molecule has 0 aliphatic carbocycles. The minimum Gasteiger partial charge on any atom is -0.310 e. The molecule has 0 bridgehead atoms. The zero-order valence-electron chi connectivity index (χ0n) is 11.7. The lowest BCUT2D eigenvalue weighted by Gasteiger charge is -2.15. The molecule has 0 aliphatic rings. The van der Waals surface area contributed by atoms with E-state index < -0.39 is 11.6 Å². The summed E-state index contributed by atoms with van der Waals surface area (Å²) in [5, 5.41) is 3.69. The van der Waals surface area contributed by atoms with Crippen LogP contribution in [0.3, 0.4) is 0 Å². The van der Waals surface area contributed by atoms with Crippen LogP contribution in [0.5, 0.6) is 0 Å². The third kappa shape index (κ3) is 3.82. The predicted molar refractivity (Wildman–Crippen MR) is 86.5 cm³/mol. The van der Waals surface area contributed by atoms with Gasteiger partial charge in [-0.15, -0.1) is 0 Å². The van der Waals surface area contributed by atoms with Crippen molar-refractivity contribution in [3.05, 3.63) is 57.0 Å². The van der Waals surface area contributed by atoms with E-state index in [2.05, 4.69) is 21.2 Å². The number of benzene rings is 2. The van der Waals surface area contributed by atoms with Gasteiger partial charge in [-0.2, -0.15) is 0 Å². The molecule has 2 aromatic carbocycles. The highest BCUT2D eigenvalue weighted by atomic mass is 79.9. The number of hydrogen-bond donors (Lipinski definition) is 1. The highest BCUT2D eigenvalue weighted by Gasteiger charge is 2.17. The summed E-state index contributed by atoms with van der Waals surface area (Å²) in [6.45, 7) is 4.53. The van der Waals surface area contributed by atoms with Gasteiger partial charge in [0.1, 0.15) is 11.6 Å². The summed E-state index contributed by atoms with van der Waals surface area (Å²) in [7, 11) is 0. The molecular weight excluding hydrogens is 360 g/mol. The third-order valence-electron chi connectivity index (χ3n) is 3.09. The number of hydrogen-bond acceptors (Lipinski definition) is 1. The van der Waals surface area contributed by atoms with Crippen molar-refractivity contribution in [2.45, 2.75) is 26.4 Å². The van der Waals surface area contributed by atoms with Crippen molar-refractivity contribution in [1.82, 2.24) is 5.32 Å². The molecule has 0 fully saturated rings. The Labute approximate surface area is 136 Å². The van der Waals surface area contributed by atoms with Gasteiger partial charge in [-0.3, -0.25) is 0 Å². The Kier molecular flexibility index (Phi) is 5.36. The molecule has 0 amide bonds. The lowest BCUT2D eigenvalue weighted by Crippen LogP contribution is -2.22. The van der Waals surface area contributed by atoms with E-state index in [0.717, 1.165) is 5.56 Å². The highest BCUT2D eigenvalue weighted by molar-refractivity contribution is 9.10. The summed E-state index contributed by atoms with van der Waals surface area (Å²) in [6, 6.07) is 7.95.